The lowest BCUT2D eigenvalue weighted by Gasteiger charge is -2.38. The third-order valence-corrected chi connectivity index (χ3v) is 16.6. The maximum absolute atomic E-state index is 13.9. The Morgan fingerprint density at radius 2 is 0.797 bits per heavy atom. The van der Waals surface area contributed by atoms with E-state index in [0.29, 0.717) is 25.9 Å². The van der Waals surface area contributed by atoms with Gasteiger partial charge >= 0.3 is 12.1 Å². The number of rotatable bonds is 16. The van der Waals surface area contributed by atoms with E-state index in [1.54, 1.807) is 9.80 Å². The first-order chi connectivity index (χ1) is 33.7. The molecular weight excluding hydrogens is 949 g/mol. The number of nitrogens with two attached hydrogens (primary N) is 2. The van der Waals surface area contributed by atoms with Gasteiger partial charge in [-0.3, -0.25) is 38.4 Å². The number of hydrogen-bond acceptors (Lipinski definition) is 10. The molecule has 0 radical (unpaired) electrons. The van der Waals surface area contributed by atoms with Crippen molar-refractivity contribution >= 4 is 59.1 Å². The van der Waals surface area contributed by atoms with Crippen LogP contribution in [0, 0.1) is 57.2 Å². The molecule has 20 nitrogen and oxygen atoms in total. The van der Waals surface area contributed by atoms with E-state index in [1.165, 1.54) is 0 Å². The summed E-state index contributed by atoms with van der Waals surface area (Å²) in [6.07, 6.45) is 6.63. The van der Waals surface area contributed by atoms with E-state index < -0.39 is 105 Å². The van der Waals surface area contributed by atoms with Gasteiger partial charge in [-0.05, 0) is 112 Å². The molecule has 74 heavy (non-hydrogen) atoms. The van der Waals surface area contributed by atoms with Gasteiger partial charge in [0, 0.05) is 24.2 Å². The molecule has 6 aliphatic rings. The van der Waals surface area contributed by atoms with E-state index in [0.717, 1.165) is 38.5 Å². The Bertz CT molecular complexity index is 2070. The monoisotopic (exact) mass is 1040 g/mol. The summed E-state index contributed by atoms with van der Waals surface area (Å²) in [7, 11) is 0. The summed E-state index contributed by atoms with van der Waals surface area (Å²) in [6.45, 7) is 31.4. The van der Waals surface area contributed by atoms with Crippen molar-refractivity contribution in [3.8, 4) is 0 Å². The average molecular weight is 1040 g/mol. The zero-order valence-corrected chi connectivity index (χ0v) is 47.1. The lowest BCUT2D eigenvalue weighted by atomic mass is 9.80. The van der Waals surface area contributed by atoms with Gasteiger partial charge in [0.05, 0.1) is 12.1 Å². The Morgan fingerprint density at radius 1 is 0.500 bits per heavy atom. The molecule has 4 aliphatic carbocycles. The smallest absolute Gasteiger partial charge is 0.315 e. The minimum atomic E-state index is -1.07. The summed E-state index contributed by atoms with van der Waals surface area (Å²) < 4.78 is 0. The number of amides is 10. The normalized spacial score (nSPS) is 26.3. The number of carbonyl (C=O) groups excluding carboxylic acids is 10. The van der Waals surface area contributed by atoms with Crippen molar-refractivity contribution in [2.45, 2.75) is 209 Å². The fraction of sp³-hybridized carbons (Fsp3) is 0.815. The van der Waals surface area contributed by atoms with Crippen molar-refractivity contribution in [3.63, 3.8) is 0 Å². The number of urea groups is 2. The second-order valence-electron chi connectivity index (χ2n) is 27.7. The zero-order valence-electron chi connectivity index (χ0n) is 47.1. The molecule has 10 atom stereocenters. The third-order valence-electron chi connectivity index (χ3n) is 16.6. The Labute approximate surface area is 438 Å². The summed E-state index contributed by atoms with van der Waals surface area (Å²) in [4.78, 5) is 132. The van der Waals surface area contributed by atoms with Crippen LogP contribution in [0.5, 0.6) is 0 Å². The van der Waals surface area contributed by atoms with Crippen LogP contribution in [0.4, 0.5) is 9.59 Å². The maximum Gasteiger partial charge on any atom is 0.315 e. The van der Waals surface area contributed by atoms with Gasteiger partial charge in [-0.1, -0.05) is 108 Å². The number of likely N-dealkylation sites (tertiary alicyclic amines) is 2. The van der Waals surface area contributed by atoms with Crippen LogP contribution >= 0.6 is 0 Å². The minimum absolute atomic E-state index is 0.0755. The van der Waals surface area contributed by atoms with Gasteiger partial charge in [-0.25, -0.2) is 9.59 Å². The van der Waals surface area contributed by atoms with Gasteiger partial charge in [-0.2, -0.15) is 0 Å². The topological polar surface area (TPSA) is 301 Å². The van der Waals surface area contributed by atoms with E-state index in [4.69, 9.17) is 11.5 Å². The van der Waals surface area contributed by atoms with E-state index in [9.17, 15) is 47.9 Å². The number of fused-ring (bicyclic) bond motifs is 2. The van der Waals surface area contributed by atoms with Crippen molar-refractivity contribution in [2.24, 2.45) is 68.6 Å². The zero-order chi connectivity index (χ0) is 56.2. The van der Waals surface area contributed by atoms with E-state index in [-0.39, 0.29) is 58.2 Å². The number of carbonyl (C=O) groups is 10. The highest BCUT2D eigenvalue weighted by Crippen LogP contribution is 2.66. The SMILES string of the molecule is CC(C)(C)NC(=O)N[C@H](C(=O)N1C[C@H]2[C@@H]([C@H]1C(=O)N[C@@H](CC1CCC1)C(=O)C(N)=O)C2(C)C)C(C)(C)C.CC(C)(C)NC(=O)N[C@H](C(=O)N1C[C@H]2[C@@H]([C@H]1C(=O)N[C@H](CC1CCC1)C(=O)C(N)=O)C2(C)C)C(C)(C)C. The van der Waals surface area contributed by atoms with E-state index >= 15 is 0 Å². The molecule has 10 N–H and O–H groups in total. The van der Waals surface area contributed by atoms with Gasteiger partial charge in [0.2, 0.25) is 35.2 Å². The lowest BCUT2D eigenvalue weighted by molar-refractivity contribution is -0.145. The van der Waals surface area contributed by atoms with Gasteiger partial charge in [0.15, 0.2) is 0 Å². The quantitative estimate of drug-likeness (QED) is 0.104. The van der Waals surface area contributed by atoms with Crippen LogP contribution in [0.25, 0.3) is 0 Å². The largest absolute Gasteiger partial charge is 0.363 e. The highest BCUT2D eigenvalue weighted by Gasteiger charge is 2.71. The molecule has 0 unspecified atom stereocenters. The maximum atomic E-state index is 13.9. The predicted molar refractivity (Wildman–Crippen MR) is 278 cm³/mol. The molecule has 10 amide bonds. The van der Waals surface area contributed by atoms with Gasteiger partial charge in [-0.15, -0.1) is 0 Å². The lowest BCUT2D eigenvalue weighted by Crippen LogP contribution is -2.62. The summed E-state index contributed by atoms with van der Waals surface area (Å²) in [5.74, 6) is -4.70. The fourth-order valence-electron chi connectivity index (χ4n) is 11.7. The van der Waals surface area contributed by atoms with Crippen LogP contribution < -0.4 is 43.4 Å². The average Bonchev–Trinajstić information content (AvgIpc) is 3.66. The van der Waals surface area contributed by atoms with Crippen molar-refractivity contribution in [3.05, 3.63) is 0 Å². The summed E-state index contributed by atoms with van der Waals surface area (Å²) in [5.41, 5.74) is 8.08. The van der Waals surface area contributed by atoms with E-state index in [1.807, 2.05) is 83.1 Å². The minimum Gasteiger partial charge on any atom is -0.363 e. The molecule has 0 spiro atoms. The Balaban J connectivity index is 0.000000274. The molecule has 0 aromatic rings. The first-order valence-corrected chi connectivity index (χ1v) is 26.7. The summed E-state index contributed by atoms with van der Waals surface area (Å²) in [6, 6.07) is -6.25. The van der Waals surface area contributed by atoms with Crippen LogP contribution in [-0.2, 0) is 38.4 Å². The molecule has 0 bridgehead atoms. The molecule has 6 fully saturated rings. The molecule has 2 saturated heterocycles. The molecule has 4 saturated carbocycles. The number of piperidine rings is 2. The number of hydrogen-bond donors (Lipinski definition) is 8. The number of Topliss-reactive ketones (excluding diaryl/α,β-unsaturated/α-hetero) is 2. The van der Waals surface area contributed by atoms with Crippen LogP contribution in [0.15, 0.2) is 0 Å². The van der Waals surface area contributed by atoms with Gasteiger partial charge in [0.1, 0.15) is 24.2 Å². The third kappa shape index (κ3) is 13.8. The molecule has 416 valence electrons. The number of primary amides is 2. The van der Waals surface area contributed by atoms with Crippen molar-refractivity contribution < 1.29 is 47.9 Å². The highest BCUT2D eigenvalue weighted by molar-refractivity contribution is 6.38. The molecule has 0 aromatic carbocycles. The highest BCUT2D eigenvalue weighted by atomic mass is 16.2. The molecular formula is C54H90N10O10. The first-order valence-electron chi connectivity index (χ1n) is 26.7. The van der Waals surface area contributed by atoms with Crippen molar-refractivity contribution in [2.75, 3.05) is 13.1 Å². The Hall–Kier alpha value is -5.30. The first kappa shape index (κ1) is 59.6. The second kappa shape index (κ2) is 21.4. The van der Waals surface area contributed by atoms with Gasteiger partial charge in [0.25, 0.3) is 11.8 Å². The molecule has 20 heteroatoms. The standard InChI is InChI=1S/2C27H45N5O5/c2*1-25(2,3)20(30-24(37)31-26(4,5)6)23(36)32-13-15-17(27(15,7)8)18(32)22(35)29-16(19(33)21(28)34)12-14-10-9-11-14/h2*14-18,20H,9-13H2,1-8H3,(H2,28,34)(H,29,35)(H2,30,31,37)/t15-,16+,17-,18-,20+;15-,16-,17-,18-,20+/m00/s1. The number of nitrogens with zero attached hydrogens (tertiary/aromatic N) is 2. The second-order valence-corrected chi connectivity index (χ2v) is 27.7. The molecule has 6 rings (SSSR count). The summed E-state index contributed by atoms with van der Waals surface area (Å²) in [5, 5.41) is 16.9. The van der Waals surface area contributed by atoms with Crippen LogP contribution in [-0.4, -0.2) is 129 Å². The van der Waals surface area contributed by atoms with Crippen LogP contribution in [0.2, 0.25) is 0 Å². The summed E-state index contributed by atoms with van der Waals surface area (Å²) >= 11 is 0. The van der Waals surface area contributed by atoms with Gasteiger partial charge < -0.3 is 53.2 Å². The molecule has 2 heterocycles. The van der Waals surface area contributed by atoms with Crippen molar-refractivity contribution in [1.82, 2.24) is 41.7 Å². The predicted octanol–water partition coefficient (Wildman–Crippen LogP) is 3.42. The van der Waals surface area contributed by atoms with E-state index in [2.05, 4.69) is 59.6 Å². The van der Waals surface area contributed by atoms with Crippen LogP contribution in [0.3, 0.4) is 0 Å². The Kier molecular flexibility index (Phi) is 17.2. The fourth-order valence-corrected chi connectivity index (χ4v) is 11.7. The Morgan fingerprint density at radius 3 is 1.03 bits per heavy atom. The number of ketones is 2. The van der Waals surface area contributed by atoms with Crippen LogP contribution in [0.1, 0.15) is 162 Å². The molecule has 0 aromatic heterocycles. The molecule has 2 aliphatic heterocycles. The van der Waals surface area contributed by atoms with Crippen molar-refractivity contribution in [1.29, 1.82) is 0 Å². The number of nitrogens with one attached hydrogen (secondary N) is 6.